The van der Waals surface area contributed by atoms with E-state index >= 15 is 0 Å². The van der Waals surface area contributed by atoms with Gasteiger partial charge in [0.15, 0.2) is 0 Å². The minimum atomic E-state index is -0.922. The van der Waals surface area contributed by atoms with Crippen LogP contribution in [-0.4, -0.2) is 29.3 Å². The lowest BCUT2D eigenvalue weighted by Crippen LogP contribution is -2.36. The number of aliphatic hydroxyl groups excluding tert-OH is 1. The summed E-state index contributed by atoms with van der Waals surface area (Å²) in [6, 6.07) is 9.36. The lowest BCUT2D eigenvalue weighted by molar-refractivity contribution is 0.0181. The van der Waals surface area contributed by atoms with E-state index in [9.17, 15) is 9.90 Å². The number of halogens is 1. The van der Waals surface area contributed by atoms with Crippen molar-refractivity contribution in [3.8, 4) is 0 Å². The number of amides is 1. The van der Waals surface area contributed by atoms with E-state index in [4.69, 9.17) is 22.1 Å². The number of nitrogens with two attached hydrogens (primary N) is 1. The van der Waals surface area contributed by atoms with E-state index in [0.717, 1.165) is 5.56 Å². The van der Waals surface area contributed by atoms with Crippen LogP contribution in [0.3, 0.4) is 0 Å². The Labute approximate surface area is 99.0 Å². The van der Waals surface area contributed by atoms with Crippen LogP contribution >= 0.6 is 11.6 Å². The molecule has 0 aliphatic carbocycles. The Morgan fingerprint density at radius 1 is 1.44 bits per heavy atom. The zero-order valence-electron chi connectivity index (χ0n) is 8.67. The third-order valence-corrected chi connectivity index (χ3v) is 2.45. The lowest BCUT2D eigenvalue weighted by atomic mass is 10.0. The maximum absolute atomic E-state index is 10.7. The minimum absolute atomic E-state index is 0.00915. The molecule has 0 aromatic heterocycles. The van der Waals surface area contributed by atoms with Gasteiger partial charge in [0.1, 0.15) is 12.2 Å². The van der Waals surface area contributed by atoms with Gasteiger partial charge in [-0.15, -0.1) is 11.6 Å². The summed E-state index contributed by atoms with van der Waals surface area (Å²) in [5.41, 5.74) is 5.87. The molecule has 4 nitrogen and oxygen atoms in total. The molecule has 0 saturated heterocycles. The molecule has 2 atom stereocenters. The fraction of sp³-hybridized carbons (Fsp3) is 0.364. The first-order chi connectivity index (χ1) is 7.63. The zero-order chi connectivity index (χ0) is 12.0. The fourth-order valence-corrected chi connectivity index (χ4v) is 1.55. The zero-order valence-corrected chi connectivity index (χ0v) is 9.43. The number of alkyl halides is 1. The molecule has 5 heteroatoms. The van der Waals surface area contributed by atoms with Gasteiger partial charge in [-0.2, -0.15) is 0 Å². The van der Waals surface area contributed by atoms with Crippen LogP contribution in [0, 0.1) is 0 Å². The summed E-state index contributed by atoms with van der Waals surface area (Å²) in [4.78, 5) is 10.7. The summed E-state index contributed by atoms with van der Waals surface area (Å²) in [6.07, 6.45) is -2.16. The number of rotatable bonds is 5. The van der Waals surface area contributed by atoms with Crippen LogP contribution in [0.5, 0.6) is 0 Å². The highest BCUT2D eigenvalue weighted by atomic mass is 35.5. The molecule has 0 fully saturated rings. The van der Waals surface area contributed by atoms with E-state index < -0.39 is 18.3 Å². The predicted molar refractivity (Wildman–Crippen MR) is 61.3 cm³/mol. The highest BCUT2D eigenvalue weighted by Crippen LogP contribution is 2.10. The van der Waals surface area contributed by atoms with Gasteiger partial charge in [0.25, 0.3) is 0 Å². The second-order valence-electron chi connectivity index (χ2n) is 3.39. The van der Waals surface area contributed by atoms with Gasteiger partial charge in [0.2, 0.25) is 0 Å². The first-order valence-electron chi connectivity index (χ1n) is 4.87. The van der Waals surface area contributed by atoms with Gasteiger partial charge in [-0.3, -0.25) is 0 Å². The standard InChI is InChI=1S/C11H14ClNO3/c12-7-9(14)10(16-11(13)15)6-8-4-2-1-3-5-8/h1-5,9-10,14H,6-7H2,(H2,13,15). The molecule has 0 spiro atoms. The van der Waals surface area contributed by atoms with Crippen LogP contribution in [0.4, 0.5) is 4.79 Å². The van der Waals surface area contributed by atoms with Crippen molar-refractivity contribution in [3.63, 3.8) is 0 Å². The largest absolute Gasteiger partial charge is 0.443 e. The molecule has 0 saturated carbocycles. The monoisotopic (exact) mass is 243 g/mol. The quantitative estimate of drug-likeness (QED) is 0.766. The molecule has 0 aliphatic rings. The topological polar surface area (TPSA) is 72.6 Å². The van der Waals surface area contributed by atoms with Crippen molar-refractivity contribution in [1.82, 2.24) is 0 Å². The van der Waals surface area contributed by atoms with Gasteiger partial charge in [0, 0.05) is 6.42 Å². The highest BCUT2D eigenvalue weighted by molar-refractivity contribution is 6.18. The third-order valence-electron chi connectivity index (χ3n) is 2.13. The minimum Gasteiger partial charge on any atom is -0.443 e. The van der Waals surface area contributed by atoms with Crippen molar-refractivity contribution in [2.24, 2.45) is 5.73 Å². The Kier molecular flexibility index (Phi) is 5.08. The summed E-state index contributed by atoms with van der Waals surface area (Å²) >= 11 is 5.51. The van der Waals surface area contributed by atoms with Gasteiger partial charge >= 0.3 is 6.09 Å². The first kappa shape index (κ1) is 12.8. The molecular formula is C11H14ClNO3. The van der Waals surface area contributed by atoms with Gasteiger partial charge in [-0.05, 0) is 5.56 Å². The lowest BCUT2D eigenvalue weighted by Gasteiger charge is -2.20. The smallest absolute Gasteiger partial charge is 0.404 e. The molecule has 0 bridgehead atoms. The Balaban J connectivity index is 2.67. The number of ether oxygens (including phenoxy) is 1. The summed E-state index contributed by atoms with van der Waals surface area (Å²) < 4.78 is 4.81. The van der Waals surface area contributed by atoms with Crippen LogP contribution in [0.25, 0.3) is 0 Å². The third kappa shape index (κ3) is 4.08. The van der Waals surface area contributed by atoms with Crippen molar-refractivity contribution in [1.29, 1.82) is 0 Å². The molecule has 0 aliphatic heterocycles. The van der Waals surface area contributed by atoms with Crippen molar-refractivity contribution in [2.45, 2.75) is 18.6 Å². The van der Waals surface area contributed by atoms with Crippen molar-refractivity contribution >= 4 is 17.7 Å². The maximum atomic E-state index is 10.7. The molecule has 1 aromatic carbocycles. The molecule has 16 heavy (non-hydrogen) atoms. The molecule has 1 aromatic rings. The average Bonchev–Trinajstić information content (AvgIpc) is 2.28. The summed E-state index contributed by atoms with van der Waals surface area (Å²) in [5, 5.41) is 9.56. The van der Waals surface area contributed by atoms with Gasteiger partial charge < -0.3 is 15.6 Å². The number of carbonyl (C=O) groups is 1. The van der Waals surface area contributed by atoms with Crippen LogP contribution in [0.1, 0.15) is 5.56 Å². The molecule has 0 heterocycles. The summed E-state index contributed by atoms with van der Waals surface area (Å²) in [6.45, 7) is 0. The molecule has 3 N–H and O–H groups in total. The number of benzene rings is 1. The first-order valence-corrected chi connectivity index (χ1v) is 5.41. The predicted octanol–water partition coefficient (Wildman–Crippen LogP) is 1.29. The molecule has 2 unspecified atom stereocenters. The summed E-state index contributed by atoms with van der Waals surface area (Å²) in [5.74, 6) is -0.00915. The number of hydrogen-bond donors (Lipinski definition) is 2. The van der Waals surface area contributed by atoms with E-state index in [-0.39, 0.29) is 5.88 Å². The number of primary amides is 1. The van der Waals surface area contributed by atoms with E-state index in [1.54, 1.807) is 0 Å². The van der Waals surface area contributed by atoms with E-state index in [1.165, 1.54) is 0 Å². The average molecular weight is 244 g/mol. The van der Waals surface area contributed by atoms with Gasteiger partial charge in [0.05, 0.1) is 5.88 Å². The fourth-order valence-electron chi connectivity index (χ4n) is 1.35. The Morgan fingerprint density at radius 3 is 2.56 bits per heavy atom. The van der Waals surface area contributed by atoms with Crippen molar-refractivity contribution in [2.75, 3.05) is 5.88 Å². The van der Waals surface area contributed by atoms with E-state index in [1.807, 2.05) is 30.3 Å². The molecular weight excluding hydrogens is 230 g/mol. The van der Waals surface area contributed by atoms with Gasteiger partial charge in [-0.25, -0.2) is 4.79 Å². The number of carbonyl (C=O) groups excluding carboxylic acids is 1. The maximum Gasteiger partial charge on any atom is 0.404 e. The second-order valence-corrected chi connectivity index (χ2v) is 3.70. The Morgan fingerprint density at radius 2 is 2.06 bits per heavy atom. The van der Waals surface area contributed by atoms with Crippen molar-refractivity contribution < 1.29 is 14.6 Å². The Hall–Kier alpha value is -1.26. The van der Waals surface area contributed by atoms with Crippen molar-refractivity contribution in [3.05, 3.63) is 35.9 Å². The molecule has 1 amide bonds. The normalized spacial score (nSPS) is 14.1. The van der Waals surface area contributed by atoms with Crippen LogP contribution in [-0.2, 0) is 11.2 Å². The number of hydrogen-bond acceptors (Lipinski definition) is 3. The SMILES string of the molecule is NC(=O)OC(Cc1ccccc1)C(O)CCl. The molecule has 88 valence electrons. The molecule has 1 rings (SSSR count). The molecule has 0 radical (unpaired) electrons. The van der Waals surface area contributed by atoms with Crippen LogP contribution < -0.4 is 5.73 Å². The highest BCUT2D eigenvalue weighted by Gasteiger charge is 2.22. The van der Waals surface area contributed by atoms with Gasteiger partial charge in [-0.1, -0.05) is 30.3 Å². The van der Waals surface area contributed by atoms with Crippen LogP contribution in [0.2, 0.25) is 0 Å². The van der Waals surface area contributed by atoms with E-state index in [0.29, 0.717) is 6.42 Å². The van der Waals surface area contributed by atoms with Crippen LogP contribution in [0.15, 0.2) is 30.3 Å². The number of aliphatic hydroxyl groups is 1. The second kappa shape index (κ2) is 6.35. The van der Waals surface area contributed by atoms with E-state index in [2.05, 4.69) is 0 Å². The Bertz CT molecular complexity index is 331. The summed E-state index contributed by atoms with van der Waals surface area (Å²) in [7, 11) is 0.